The maximum Gasteiger partial charge on any atom is 0.241 e. The van der Waals surface area contributed by atoms with Crippen LogP contribution in [-0.2, 0) is 4.79 Å². The normalized spacial score (nSPS) is 13.2. The molecule has 0 spiro atoms. The van der Waals surface area contributed by atoms with Crippen molar-refractivity contribution in [1.82, 2.24) is 5.32 Å². The number of methoxy groups -OCH3 is 1. The average molecular weight is 333 g/mol. The number of carbonyl (C=O) groups is 1. The summed E-state index contributed by atoms with van der Waals surface area (Å²) < 4.78 is 5.24. The molecule has 1 amide bonds. The SMILES string of the molecule is COc1ccccc1NC(=O)C(C)NC(C)c1ccccc1Cl. The Kier molecular flexibility index (Phi) is 6.02. The second-order valence-electron chi connectivity index (χ2n) is 5.32. The van der Waals surface area contributed by atoms with Gasteiger partial charge in [-0.25, -0.2) is 0 Å². The fourth-order valence-electron chi connectivity index (χ4n) is 2.36. The molecule has 0 aromatic heterocycles. The zero-order chi connectivity index (χ0) is 16.8. The molecule has 2 aromatic carbocycles. The standard InChI is InChI=1S/C18H21ClN2O2/c1-12(14-8-4-5-9-15(14)19)20-13(2)18(22)21-16-10-6-7-11-17(16)23-3/h4-13,20H,1-3H3,(H,21,22). The number of para-hydroxylation sites is 2. The molecule has 0 saturated heterocycles. The van der Waals surface area contributed by atoms with Gasteiger partial charge in [-0.2, -0.15) is 0 Å². The van der Waals surface area contributed by atoms with Crippen LogP contribution < -0.4 is 15.4 Å². The Bertz CT molecular complexity index is 676. The molecule has 0 fully saturated rings. The van der Waals surface area contributed by atoms with E-state index < -0.39 is 0 Å². The van der Waals surface area contributed by atoms with Gasteiger partial charge in [0.25, 0.3) is 0 Å². The van der Waals surface area contributed by atoms with E-state index in [1.807, 2.05) is 50.2 Å². The first-order valence-corrected chi connectivity index (χ1v) is 7.85. The third kappa shape index (κ3) is 4.47. The van der Waals surface area contributed by atoms with Gasteiger partial charge in [0.1, 0.15) is 5.75 Å². The minimum atomic E-state index is -0.383. The van der Waals surface area contributed by atoms with E-state index in [1.54, 1.807) is 19.2 Å². The molecule has 2 rings (SSSR count). The van der Waals surface area contributed by atoms with E-state index in [9.17, 15) is 4.79 Å². The van der Waals surface area contributed by atoms with Crippen LogP contribution in [0.15, 0.2) is 48.5 Å². The Morgan fingerprint density at radius 3 is 2.43 bits per heavy atom. The Morgan fingerprint density at radius 2 is 1.74 bits per heavy atom. The predicted octanol–water partition coefficient (Wildman–Crippen LogP) is 4.03. The van der Waals surface area contributed by atoms with E-state index in [4.69, 9.17) is 16.3 Å². The summed E-state index contributed by atoms with van der Waals surface area (Å²) in [6, 6.07) is 14.5. The van der Waals surface area contributed by atoms with Crippen molar-refractivity contribution in [2.24, 2.45) is 0 Å². The van der Waals surface area contributed by atoms with Crippen LogP contribution in [0.2, 0.25) is 5.02 Å². The van der Waals surface area contributed by atoms with Crippen molar-refractivity contribution in [1.29, 1.82) is 0 Å². The molecule has 0 aliphatic rings. The van der Waals surface area contributed by atoms with E-state index >= 15 is 0 Å². The van der Waals surface area contributed by atoms with Gasteiger partial charge in [-0.15, -0.1) is 0 Å². The number of ether oxygens (including phenoxy) is 1. The monoisotopic (exact) mass is 332 g/mol. The van der Waals surface area contributed by atoms with Gasteiger partial charge >= 0.3 is 0 Å². The van der Waals surface area contributed by atoms with Crippen molar-refractivity contribution < 1.29 is 9.53 Å². The minimum absolute atomic E-state index is 0.0397. The molecule has 122 valence electrons. The second kappa shape index (κ2) is 7.99. The summed E-state index contributed by atoms with van der Waals surface area (Å²) in [5.74, 6) is 0.501. The summed E-state index contributed by atoms with van der Waals surface area (Å²) in [7, 11) is 1.58. The van der Waals surface area contributed by atoms with Crippen molar-refractivity contribution in [3.8, 4) is 5.75 Å². The number of hydrogen-bond acceptors (Lipinski definition) is 3. The van der Waals surface area contributed by atoms with Crippen molar-refractivity contribution in [3.63, 3.8) is 0 Å². The lowest BCUT2D eigenvalue weighted by atomic mass is 10.1. The third-order valence-electron chi connectivity index (χ3n) is 3.63. The van der Waals surface area contributed by atoms with Gasteiger partial charge in [-0.05, 0) is 37.6 Å². The van der Waals surface area contributed by atoms with E-state index in [0.717, 1.165) is 5.56 Å². The van der Waals surface area contributed by atoms with Crippen LogP contribution in [0.1, 0.15) is 25.5 Å². The molecular formula is C18H21ClN2O2. The molecule has 2 atom stereocenters. The van der Waals surface area contributed by atoms with Gasteiger partial charge in [0.2, 0.25) is 5.91 Å². The molecule has 0 bridgehead atoms. The lowest BCUT2D eigenvalue weighted by molar-refractivity contribution is -0.117. The van der Waals surface area contributed by atoms with Crippen molar-refractivity contribution >= 4 is 23.2 Å². The highest BCUT2D eigenvalue weighted by atomic mass is 35.5. The highest BCUT2D eigenvalue weighted by Crippen LogP contribution is 2.24. The molecule has 5 heteroatoms. The van der Waals surface area contributed by atoms with Crippen LogP contribution in [0.3, 0.4) is 0 Å². The number of carbonyl (C=O) groups excluding carboxylic acids is 1. The molecule has 0 aliphatic carbocycles. The van der Waals surface area contributed by atoms with Crippen LogP contribution in [0, 0.1) is 0 Å². The number of nitrogens with one attached hydrogen (secondary N) is 2. The first-order chi connectivity index (χ1) is 11.0. The van der Waals surface area contributed by atoms with Crippen LogP contribution in [0.4, 0.5) is 5.69 Å². The van der Waals surface area contributed by atoms with E-state index in [-0.39, 0.29) is 18.0 Å². The quantitative estimate of drug-likeness (QED) is 0.839. The topological polar surface area (TPSA) is 50.4 Å². The number of hydrogen-bond donors (Lipinski definition) is 2. The van der Waals surface area contributed by atoms with Crippen molar-refractivity contribution in [3.05, 3.63) is 59.1 Å². The van der Waals surface area contributed by atoms with E-state index in [2.05, 4.69) is 10.6 Å². The Morgan fingerprint density at radius 1 is 1.09 bits per heavy atom. The molecule has 2 unspecified atom stereocenters. The summed E-state index contributed by atoms with van der Waals surface area (Å²) in [5, 5.41) is 6.82. The largest absolute Gasteiger partial charge is 0.495 e. The summed E-state index contributed by atoms with van der Waals surface area (Å²) >= 11 is 6.19. The highest BCUT2D eigenvalue weighted by molar-refractivity contribution is 6.31. The van der Waals surface area contributed by atoms with E-state index in [1.165, 1.54) is 0 Å². The van der Waals surface area contributed by atoms with Gasteiger partial charge in [-0.3, -0.25) is 10.1 Å². The number of halogens is 1. The zero-order valence-corrected chi connectivity index (χ0v) is 14.2. The van der Waals surface area contributed by atoms with E-state index in [0.29, 0.717) is 16.5 Å². The van der Waals surface area contributed by atoms with Gasteiger partial charge in [0, 0.05) is 11.1 Å². The summed E-state index contributed by atoms with van der Waals surface area (Å²) in [6.45, 7) is 3.80. The molecule has 0 heterocycles. The molecule has 2 aromatic rings. The fourth-order valence-corrected chi connectivity index (χ4v) is 2.66. The van der Waals surface area contributed by atoms with Gasteiger partial charge in [-0.1, -0.05) is 41.9 Å². The maximum absolute atomic E-state index is 12.4. The highest BCUT2D eigenvalue weighted by Gasteiger charge is 2.18. The molecule has 4 nitrogen and oxygen atoms in total. The zero-order valence-electron chi connectivity index (χ0n) is 13.5. The van der Waals surface area contributed by atoms with Crippen LogP contribution in [0.5, 0.6) is 5.75 Å². The van der Waals surface area contributed by atoms with Crippen molar-refractivity contribution in [2.45, 2.75) is 25.9 Å². The third-order valence-corrected chi connectivity index (χ3v) is 3.97. The number of benzene rings is 2. The van der Waals surface area contributed by atoms with Crippen molar-refractivity contribution in [2.75, 3.05) is 12.4 Å². The number of amides is 1. The van der Waals surface area contributed by atoms with Crippen LogP contribution in [0.25, 0.3) is 0 Å². The molecule has 0 saturated carbocycles. The van der Waals surface area contributed by atoms with Crippen LogP contribution in [-0.4, -0.2) is 19.1 Å². The number of rotatable bonds is 6. The average Bonchev–Trinajstić information content (AvgIpc) is 2.55. The molecular weight excluding hydrogens is 312 g/mol. The number of anilines is 1. The van der Waals surface area contributed by atoms with Gasteiger partial charge in [0.05, 0.1) is 18.8 Å². The fraction of sp³-hybridized carbons (Fsp3) is 0.278. The lowest BCUT2D eigenvalue weighted by Crippen LogP contribution is -2.39. The smallest absolute Gasteiger partial charge is 0.241 e. The summed E-state index contributed by atoms with van der Waals surface area (Å²) in [6.07, 6.45) is 0. The summed E-state index contributed by atoms with van der Waals surface area (Å²) in [4.78, 5) is 12.4. The summed E-state index contributed by atoms with van der Waals surface area (Å²) in [5.41, 5.74) is 1.62. The lowest BCUT2D eigenvalue weighted by Gasteiger charge is -2.21. The second-order valence-corrected chi connectivity index (χ2v) is 5.73. The Labute approximate surface area is 141 Å². The predicted molar refractivity (Wildman–Crippen MR) is 94.1 cm³/mol. The van der Waals surface area contributed by atoms with Gasteiger partial charge < -0.3 is 10.1 Å². The van der Waals surface area contributed by atoms with Crippen LogP contribution >= 0.6 is 11.6 Å². The minimum Gasteiger partial charge on any atom is -0.495 e. The maximum atomic E-state index is 12.4. The first-order valence-electron chi connectivity index (χ1n) is 7.47. The van der Waals surface area contributed by atoms with Gasteiger partial charge in [0.15, 0.2) is 0 Å². The molecule has 23 heavy (non-hydrogen) atoms. The molecule has 0 radical (unpaired) electrons. The first kappa shape index (κ1) is 17.3. The molecule has 2 N–H and O–H groups in total. The Balaban J connectivity index is 2.01. The molecule has 0 aliphatic heterocycles. The Hall–Kier alpha value is -2.04.